The maximum atomic E-state index is 4.71. The molecule has 1 aliphatic rings. The molecule has 20 heavy (non-hydrogen) atoms. The summed E-state index contributed by atoms with van der Waals surface area (Å²) in [6, 6.07) is 8.69. The Labute approximate surface area is 120 Å². The van der Waals surface area contributed by atoms with Crippen molar-refractivity contribution in [2.75, 3.05) is 11.9 Å². The fraction of sp³-hybridized carbons (Fsp3) is 0.412. The van der Waals surface area contributed by atoms with E-state index in [-0.39, 0.29) is 0 Å². The van der Waals surface area contributed by atoms with E-state index in [4.69, 9.17) is 4.98 Å². The minimum Gasteiger partial charge on any atom is -0.354 e. The summed E-state index contributed by atoms with van der Waals surface area (Å²) in [6.07, 6.45) is 5.88. The van der Waals surface area contributed by atoms with Gasteiger partial charge in [0.25, 0.3) is 0 Å². The van der Waals surface area contributed by atoms with Gasteiger partial charge in [0.05, 0.1) is 5.69 Å². The lowest BCUT2D eigenvalue weighted by Gasteiger charge is -2.28. The molecule has 1 aliphatic carbocycles. The molecule has 3 heteroatoms. The van der Waals surface area contributed by atoms with Gasteiger partial charge in [-0.15, -0.1) is 0 Å². The normalized spacial score (nSPS) is 14.9. The van der Waals surface area contributed by atoms with Gasteiger partial charge in [0.1, 0.15) is 0 Å². The lowest BCUT2D eigenvalue weighted by atomic mass is 9.77. The van der Waals surface area contributed by atoms with Crippen LogP contribution in [0.25, 0.3) is 11.3 Å². The van der Waals surface area contributed by atoms with Gasteiger partial charge in [0, 0.05) is 18.3 Å². The fourth-order valence-corrected chi connectivity index (χ4v) is 2.75. The monoisotopic (exact) mass is 267 g/mol. The number of nitrogens with zero attached hydrogens (tertiary/aromatic N) is 2. The third-order valence-corrected chi connectivity index (χ3v) is 4.07. The highest BCUT2D eigenvalue weighted by Crippen LogP contribution is 2.41. The van der Waals surface area contributed by atoms with E-state index >= 15 is 0 Å². The zero-order chi connectivity index (χ0) is 13.9. The quantitative estimate of drug-likeness (QED) is 0.904. The predicted molar refractivity (Wildman–Crippen MR) is 83.0 cm³/mol. The van der Waals surface area contributed by atoms with Crippen molar-refractivity contribution < 1.29 is 0 Å². The summed E-state index contributed by atoms with van der Waals surface area (Å²) < 4.78 is 0. The van der Waals surface area contributed by atoms with E-state index in [1.807, 2.05) is 6.20 Å². The van der Waals surface area contributed by atoms with E-state index in [1.54, 1.807) is 0 Å². The van der Waals surface area contributed by atoms with Crippen LogP contribution >= 0.6 is 0 Å². The molecule has 0 aliphatic heterocycles. The first kappa shape index (κ1) is 13.1. The first-order valence-corrected chi connectivity index (χ1v) is 7.46. The lowest BCUT2D eigenvalue weighted by molar-refractivity contribution is 0.420. The second-order valence-corrected chi connectivity index (χ2v) is 5.47. The Hall–Kier alpha value is -1.90. The van der Waals surface area contributed by atoms with Crippen molar-refractivity contribution in [1.29, 1.82) is 0 Å². The van der Waals surface area contributed by atoms with Gasteiger partial charge < -0.3 is 5.32 Å². The van der Waals surface area contributed by atoms with E-state index in [0.717, 1.165) is 23.8 Å². The smallest absolute Gasteiger partial charge is 0.223 e. The summed E-state index contributed by atoms with van der Waals surface area (Å²) in [6.45, 7) is 4.99. The molecular formula is C17H21N3. The van der Waals surface area contributed by atoms with Crippen molar-refractivity contribution in [1.82, 2.24) is 9.97 Å². The van der Waals surface area contributed by atoms with Crippen LogP contribution < -0.4 is 5.32 Å². The maximum absolute atomic E-state index is 4.71. The van der Waals surface area contributed by atoms with Crippen LogP contribution in [0.5, 0.6) is 0 Å². The number of hydrogen-bond donors (Lipinski definition) is 1. The summed E-state index contributed by atoms with van der Waals surface area (Å²) in [5, 5.41) is 3.20. The van der Waals surface area contributed by atoms with Crippen molar-refractivity contribution >= 4 is 5.95 Å². The molecule has 0 amide bonds. The van der Waals surface area contributed by atoms with E-state index in [0.29, 0.717) is 5.92 Å². The van der Waals surface area contributed by atoms with Crippen LogP contribution in [0.2, 0.25) is 0 Å². The molecule has 0 saturated heterocycles. The van der Waals surface area contributed by atoms with Crippen molar-refractivity contribution in [3.63, 3.8) is 0 Å². The van der Waals surface area contributed by atoms with Crippen molar-refractivity contribution in [3.8, 4) is 11.3 Å². The average molecular weight is 267 g/mol. The van der Waals surface area contributed by atoms with Crippen LogP contribution in [0, 0.1) is 6.92 Å². The Kier molecular flexibility index (Phi) is 3.68. The van der Waals surface area contributed by atoms with Crippen LogP contribution in [0.4, 0.5) is 5.95 Å². The highest BCUT2D eigenvalue weighted by atomic mass is 15.1. The number of rotatable bonds is 4. The largest absolute Gasteiger partial charge is 0.354 e. The molecule has 1 aromatic heterocycles. The second kappa shape index (κ2) is 5.61. The summed E-state index contributed by atoms with van der Waals surface area (Å²) >= 11 is 0. The molecule has 2 aromatic rings. The van der Waals surface area contributed by atoms with Gasteiger partial charge in [-0.3, -0.25) is 0 Å². The first-order valence-electron chi connectivity index (χ1n) is 7.46. The molecular weight excluding hydrogens is 246 g/mol. The minimum absolute atomic E-state index is 0.711. The van der Waals surface area contributed by atoms with Crippen LogP contribution in [-0.2, 0) is 0 Å². The van der Waals surface area contributed by atoms with Gasteiger partial charge in [-0.25, -0.2) is 9.97 Å². The predicted octanol–water partition coefficient (Wildman–Crippen LogP) is 4.15. The molecule has 1 aromatic carbocycles. The molecule has 1 heterocycles. The summed E-state index contributed by atoms with van der Waals surface area (Å²) in [5.74, 6) is 1.43. The van der Waals surface area contributed by atoms with Gasteiger partial charge in [-0.05, 0) is 43.7 Å². The van der Waals surface area contributed by atoms with E-state index in [1.165, 1.54) is 30.4 Å². The van der Waals surface area contributed by atoms with Crippen LogP contribution in [0.3, 0.4) is 0 Å². The zero-order valence-electron chi connectivity index (χ0n) is 12.2. The van der Waals surface area contributed by atoms with Gasteiger partial charge in [-0.2, -0.15) is 0 Å². The first-order chi connectivity index (χ1) is 9.79. The van der Waals surface area contributed by atoms with Crippen LogP contribution in [-0.4, -0.2) is 16.5 Å². The summed E-state index contributed by atoms with van der Waals surface area (Å²) in [5.41, 5.74) is 4.93. The van der Waals surface area contributed by atoms with Gasteiger partial charge in [0.2, 0.25) is 5.95 Å². The Morgan fingerprint density at radius 1 is 1.25 bits per heavy atom. The lowest BCUT2D eigenvalue weighted by Crippen LogP contribution is -2.11. The van der Waals surface area contributed by atoms with Gasteiger partial charge >= 0.3 is 0 Å². The third-order valence-electron chi connectivity index (χ3n) is 4.07. The standard InChI is InChI=1S/C17H21N3/c1-3-18-17-19-11-12(2)16(20-17)15-10-5-4-9-14(15)13-7-6-8-13/h4-5,9-11,13H,3,6-8H2,1-2H3,(H,18,19,20). The Morgan fingerprint density at radius 2 is 2.05 bits per heavy atom. The number of aromatic nitrogens is 2. The molecule has 104 valence electrons. The van der Waals surface area contributed by atoms with E-state index < -0.39 is 0 Å². The molecule has 0 radical (unpaired) electrons. The average Bonchev–Trinajstić information content (AvgIpc) is 2.40. The summed E-state index contributed by atoms with van der Waals surface area (Å²) in [7, 11) is 0. The number of aryl methyl sites for hydroxylation is 1. The number of benzene rings is 1. The van der Waals surface area contributed by atoms with Gasteiger partial charge in [0.15, 0.2) is 0 Å². The summed E-state index contributed by atoms with van der Waals surface area (Å²) in [4.78, 5) is 9.05. The zero-order valence-corrected chi connectivity index (χ0v) is 12.2. The molecule has 3 rings (SSSR count). The van der Waals surface area contributed by atoms with E-state index in [9.17, 15) is 0 Å². The van der Waals surface area contributed by atoms with Crippen molar-refractivity contribution in [2.45, 2.75) is 39.0 Å². The number of hydrogen-bond acceptors (Lipinski definition) is 3. The Morgan fingerprint density at radius 3 is 2.75 bits per heavy atom. The maximum Gasteiger partial charge on any atom is 0.223 e. The molecule has 3 nitrogen and oxygen atoms in total. The minimum atomic E-state index is 0.711. The molecule has 1 fully saturated rings. The highest BCUT2D eigenvalue weighted by Gasteiger charge is 2.23. The molecule has 0 atom stereocenters. The van der Waals surface area contributed by atoms with Crippen LogP contribution in [0.15, 0.2) is 30.5 Å². The van der Waals surface area contributed by atoms with Gasteiger partial charge in [-0.1, -0.05) is 30.7 Å². The third kappa shape index (κ3) is 2.40. The number of anilines is 1. The molecule has 1 saturated carbocycles. The second-order valence-electron chi connectivity index (χ2n) is 5.47. The topological polar surface area (TPSA) is 37.8 Å². The fourth-order valence-electron chi connectivity index (χ4n) is 2.75. The molecule has 1 N–H and O–H groups in total. The Bertz CT molecular complexity index is 603. The van der Waals surface area contributed by atoms with E-state index in [2.05, 4.69) is 48.4 Å². The number of nitrogens with one attached hydrogen (secondary N) is 1. The molecule has 0 spiro atoms. The van der Waals surface area contributed by atoms with Crippen molar-refractivity contribution in [3.05, 3.63) is 41.6 Å². The highest BCUT2D eigenvalue weighted by molar-refractivity contribution is 5.68. The SMILES string of the molecule is CCNc1ncc(C)c(-c2ccccc2C2CCC2)n1. The van der Waals surface area contributed by atoms with Crippen LogP contribution in [0.1, 0.15) is 43.2 Å². The molecule has 0 unspecified atom stereocenters. The Balaban J connectivity index is 2.05. The molecule has 0 bridgehead atoms. The van der Waals surface area contributed by atoms with Crippen molar-refractivity contribution in [2.24, 2.45) is 0 Å².